The first-order valence-electron chi connectivity index (χ1n) is 8.00. The zero-order valence-corrected chi connectivity index (χ0v) is 15.7. The maximum absolute atomic E-state index is 12.6. The number of esters is 4. The Balaban J connectivity index is 3.12. The van der Waals surface area contributed by atoms with Crippen molar-refractivity contribution in [3.63, 3.8) is 0 Å². The summed E-state index contributed by atoms with van der Waals surface area (Å²) < 4.78 is 19.1. The molecule has 2 rings (SSSR count). The van der Waals surface area contributed by atoms with Gasteiger partial charge in [0, 0.05) is 5.56 Å². The molecule has 8 heteroatoms. The van der Waals surface area contributed by atoms with Crippen molar-refractivity contribution >= 4 is 23.9 Å². The number of benzene rings is 2. The van der Waals surface area contributed by atoms with Crippen LogP contribution in [0.15, 0.2) is 36.4 Å². The van der Waals surface area contributed by atoms with Crippen LogP contribution in [0.25, 0.3) is 11.1 Å². The van der Waals surface area contributed by atoms with E-state index in [4.69, 9.17) is 18.9 Å². The van der Waals surface area contributed by atoms with E-state index in [0.29, 0.717) is 5.56 Å². The molecule has 28 heavy (non-hydrogen) atoms. The molecule has 0 aliphatic rings. The fourth-order valence-electron chi connectivity index (χ4n) is 2.75. The number of carbonyl (C=O) groups excluding carboxylic acids is 4. The van der Waals surface area contributed by atoms with Gasteiger partial charge in [0.2, 0.25) is 0 Å². The van der Waals surface area contributed by atoms with Gasteiger partial charge < -0.3 is 18.9 Å². The quantitative estimate of drug-likeness (QED) is 0.570. The predicted molar refractivity (Wildman–Crippen MR) is 97.2 cm³/mol. The molecular formula is C20H18O8. The van der Waals surface area contributed by atoms with E-state index in [1.807, 2.05) is 0 Å². The Morgan fingerprint density at radius 3 is 1.36 bits per heavy atom. The van der Waals surface area contributed by atoms with Gasteiger partial charge in [0.15, 0.2) is 0 Å². The van der Waals surface area contributed by atoms with Gasteiger partial charge in [0.05, 0.1) is 50.7 Å². The van der Waals surface area contributed by atoms with E-state index in [2.05, 4.69) is 0 Å². The van der Waals surface area contributed by atoms with Gasteiger partial charge in [-0.3, -0.25) is 0 Å². The third kappa shape index (κ3) is 3.71. The maximum atomic E-state index is 12.6. The molecule has 0 unspecified atom stereocenters. The Hall–Kier alpha value is -3.68. The summed E-state index contributed by atoms with van der Waals surface area (Å²) in [4.78, 5) is 49.8. The highest BCUT2D eigenvalue weighted by atomic mass is 16.5. The van der Waals surface area contributed by atoms with Gasteiger partial charge in [0.25, 0.3) is 0 Å². The van der Waals surface area contributed by atoms with E-state index < -0.39 is 23.9 Å². The molecule has 2 aromatic carbocycles. The molecule has 0 radical (unpaired) electrons. The number of rotatable bonds is 5. The molecule has 0 aliphatic heterocycles. The Labute approximate surface area is 161 Å². The van der Waals surface area contributed by atoms with E-state index in [0.717, 1.165) is 34.5 Å². The van der Waals surface area contributed by atoms with Crippen molar-refractivity contribution in [3.8, 4) is 11.1 Å². The second-order valence-electron chi connectivity index (χ2n) is 5.43. The first kappa shape index (κ1) is 20.6. The van der Waals surface area contributed by atoms with Crippen LogP contribution in [0.1, 0.15) is 41.4 Å². The van der Waals surface area contributed by atoms with E-state index in [-0.39, 0.29) is 27.8 Å². The van der Waals surface area contributed by atoms with E-state index in [9.17, 15) is 19.2 Å². The zero-order valence-electron chi connectivity index (χ0n) is 15.7. The molecule has 0 aliphatic carbocycles. The highest BCUT2D eigenvalue weighted by Gasteiger charge is 2.33. The lowest BCUT2D eigenvalue weighted by Crippen LogP contribution is -2.21. The number of hydrogen-bond donors (Lipinski definition) is 0. The topological polar surface area (TPSA) is 105 Å². The van der Waals surface area contributed by atoms with Crippen LogP contribution < -0.4 is 0 Å². The second-order valence-corrected chi connectivity index (χ2v) is 5.43. The smallest absolute Gasteiger partial charge is 0.339 e. The number of carbonyl (C=O) groups is 4. The maximum Gasteiger partial charge on any atom is 0.339 e. The van der Waals surface area contributed by atoms with Crippen molar-refractivity contribution in [2.75, 3.05) is 28.4 Å². The lowest BCUT2D eigenvalue weighted by molar-refractivity contribution is 0.0541. The molecule has 0 heterocycles. The molecule has 0 aromatic heterocycles. The minimum Gasteiger partial charge on any atom is -0.465 e. The van der Waals surface area contributed by atoms with E-state index >= 15 is 0 Å². The molecular weight excluding hydrogens is 368 g/mol. The fourth-order valence-corrected chi connectivity index (χ4v) is 2.75. The highest BCUT2D eigenvalue weighted by molar-refractivity contribution is 6.16. The third-order valence-electron chi connectivity index (χ3n) is 3.98. The van der Waals surface area contributed by atoms with Crippen molar-refractivity contribution < 1.29 is 38.1 Å². The summed E-state index contributed by atoms with van der Waals surface area (Å²) in [5.74, 6) is -3.56. The first-order chi connectivity index (χ1) is 13.4. The monoisotopic (exact) mass is 386 g/mol. The van der Waals surface area contributed by atoms with Gasteiger partial charge in [0.1, 0.15) is 0 Å². The van der Waals surface area contributed by atoms with Crippen LogP contribution in [0, 0.1) is 0 Å². The van der Waals surface area contributed by atoms with Crippen LogP contribution >= 0.6 is 0 Å². The highest BCUT2D eigenvalue weighted by Crippen LogP contribution is 2.35. The van der Waals surface area contributed by atoms with E-state index in [1.54, 1.807) is 30.3 Å². The van der Waals surface area contributed by atoms with Crippen molar-refractivity contribution in [1.29, 1.82) is 0 Å². The summed E-state index contributed by atoms with van der Waals surface area (Å²) in [6.07, 6.45) is 0. The summed E-state index contributed by atoms with van der Waals surface area (Å²) in [5.41, 5.74) is -0.563. The van der Waals surface area contributed by atoms with Gasteiger partial charge in [-0.1, -0.05) is 30.3 Å². The predicted octanol–water partition coefficient (Wildman–Crippen LogP) is 2.50. The minimum atomic E-state index is -0.890. The summed E-state index contributed by atoms with van der Waals surface area (Å²) in [5, 5.41) is 0. The molecule has 0 saturated heterocycles. The number of ether oxygens (including phenoxy) is 4. The number of methoxy groups -OCH3 is 4. The molecule has 0 fully saturated rings. The first-order valence-corrected chi connectivity index (χ1v) is 8.00. The molecule has 0 spiro atoms. The van der Waals surface area contributed by atoms with Gasteiger partial charge in [-0.2, -0.15) is 0 Å². The van der Waals surface area contributed by atoms with Crippen LogP contribution in [-0.4, -0.2) is 52.3 Å². The average molecular weight is 386 g/mol. The standard InChI is InChI=1S/C20H18O8/c1-25-17(21)12-10-13(18(22)26-2)16(20(24)28-4)14(15(12)19(23)27-3)11-8-6-5-7-9-11/h5-10H,1-4H3. The lowest BCUT2D eigenvalue weighted by atomic mass is 9.87. The molecule has 0 bridgehead atoms. The zero-order chi connectivity index (χ0) is 20.8. The molecule has 0 N–H and O–H groups in total. The summed E-state index contributed by atoms with van der Waals surface area (Å²) in [7, 11) is 4.50. The van der Waals surface area contributed by atoms with Crippen LogP contribution in [0.4, 0.5) is 0 Å². The van der Waals surface area contributed by atoms with Crippen molar-refractivity contribution in [2.24, 2.45) is 0 Å². The Bertz CT molecular complexity index is 877. The molecule has 8 nitrogen and oxygen atoms in total. The normalized spacial score (nSPS) is 10.0. The molecule has 2 aromatic rings. The van der Waals surface area contributed by atoms with Crippen LogP contribution in [0.5, 0.6) is 0 Å². The third-order valence-corrected chi connectivity index (χ3v) is 3.98. The minimum absolute atomic E-state index is 0.00241. The summed E-state index contributed by atoms with van der Waals surface area (Å²) in [6.45, 7) is 0. The van der Waals surface area contributed by atoms with Crippen LogP contribution in [0.3, 0.4) is 0 Å². The summed E-state index contributed by atoms with van der Waals surface area (Å²) >= 11 is 0. The van der Waals surface area contributed by atoms with Crippen LogP contribution in [0.2, 0.25) is 0 Å². The molecule has 0 atom stereocenters. The van der Waals surface area contributed by atoms with Gasteiger partial charge in [-0.25, -0.2) is 19.2 Å². The van der Waals surface area contributed by atoms with Crippen molar-refractivity contribution in [1.82, 2.24) is 0 Å². The molecule has 0 saturated carbocycles. The molecule has 146 valence electrons. The molecule has 0 amide bonds. The van der Waals surface area contributed by atoms with Gasteiger partial charge in [-0.05, 0) is 11.6 Å². The van der Waals surface area contributed by atoms with Crippen molar-refractivity contribution in [2.45, 2.75) is 0 Å². The van der Waals surface area contributed by atoms with Gasteiger partial charge in [-0.15, -0.1) is 0 Å². The van der Waals surface area contributed by atoms with E-state index in [1.165, 1.54) is 0 Å². The van der Waals surface area contributed by atoms with Crippen molar-refractivity contribution in [3.05, 3.63) is 58.7 Å². The lowest BCUT2D eigenvalue weighted by Gasteiger charge is -2.18. The Morgan fingerprint density at radius 2 is 1.00 bits per heavy atom. The average Bonchev–Trinajstić information content (AvgIpc) is 2.75. The second kappa shape index (κ2) is 8.81. The van der Waals surface area contributed by atoms with Crippen LogP contribution in [-0.2, 0) is 18.9 Å². The van der Waals surface area contributed by atoms with Gasteiger partial charge >= 0.3 is 23.9 Å². The SMILES string of the molecule is COC(=O)c1cc(C(=O)OC)c(C(=O)OC)c(-c2ccccc2)c1C(=O)OC. The Morgan fingerprint density at radius 1 is 0.607 bits per heavy atom. The fraction of sp³-hybridized carbons (Fsp3) is 0.200. The summed E-state index contributed by atoms with van der Waals surface area (Å²) in [6, 6.07) is 9.33. The Kier molecular flexibility index (Phi) is 6.49. The number of hydrogen-bond acceptors (Lipinski definition) is 8. The largest absolute Gasteiger partial charge is 0.465 e.